The van der Waals surface area contributed by atoms with E-state index in [1.165, 1.54) is 11.1 Å². The van der Waals surface area contributed by atoms with Gasteiger partial charge in [-0.2, -0.15) is 0 Å². The molecule has 0 N–H and O–H groups in total. The molecule has 2 heteroatoms. The summed E-state index contributed by atoms with van der Waals surface area (Å²) < 4.78 is 0. The van der Waals surface area contributed by atoms with Gasteiger partial charge in [0, 0.05) is 10.9 Å². The molecule has 0 heterocycles. The Morgan fingerprint density at radius 1 is 1.27 bits per heavy atom. The monoisotopic (exact) mass is 230 g/mol. The van der Waals surface area contributed by atoms with Gasteiger partial charge in [0.2, 0.25) is 0 Å². The average Bonchev–Trinajstić information content (AvgIpc) is 2.07. The fourth-order valence-electron chi connectivity index (χ4n) is 0.791. The largest absolute Gasteiger partial charge is 0.0929 e. The number of halogens is 2. The van der Waals surface area contributed by atoms with Crippen molar-refractivity contribution in [1.29, 1.82) is 0 Å². The summed E-state index contributed by atoms with van der Waals surface area (Å²) in [7, 11) is 0. The number of benzene rings is 1. The van der Waals surface area contributed by atoms with Crippen LogP contribution in [-0.2, 0) is 5.33 Å². The lowest BCUT2D eigenvalue weighted by molar-refractivity contribution is 1.43. The van der Waals surface area contributed by atoms with Crippen molar-refractivity contribution in [2.75, 3.05) is 0 Å². The summed E-state index contributed by atoms with van der Waals surface area (Å²) in [6.07, 6.45) is 1.86. The van der Waals surface area contributed by atoms with Crippen LogP contribution in [-0.4, -0.2) is 0 Å². The van der Waals surface area contributed by atoms with Crippen molar-refractivity contribution >= 4 is 33.6 Å². The molecule has 0 nitrogen and oxygen atoms in total. The van der Waals surface area contributed by atoms with E-state index >= 15 is 0 Å². The van der Waals surface area contributed by atoms with Gasteiger partial charge in [-0.25, -0.2) is 0 Å². The van der Waals surface area contributed by atoms with E-state index in [1.54, 1.807) is 0 Å². The lowest BCUT2D eigenvalue weighted by Crippen LogP contribution is -1.76. The highest BCUT2D eigenvalue weighted by Gasteiger charge is 1.88. The molecule has 0 saturated heterocycles. The van der Waals surface area contributed by atoms with Crippen LogP contribution in [0.4, 0.5) is 0 Å². The minimum absolute atomic E-state index is 0.901. The molecule has 0 aromatic heterocycles. The molecular formula is C9H8BrCl. The quantitative estimate of drug-likeness (QED) is 0.679. The first-order valence-electron chi connectivity index (χ1n) is 3.28. The summed E-state index contributed by atoms with van der Waals surface area (Å²) in [6.45, 7) is 0. The van der Waals surface area contributed by atoms with Gasteiger partial charge in [0.25, 0.3) is 0 Å². The second-order valence-electron chi connectivity index (χ2n) is 2.17. The van der Waals surface area contributed by atoms with E-state index in [9.17, 15) is 0 Å². The zero-order valence-electron chi connectivity index (χ0n) is 5.93. The minimum Gasteiger partial charge on any atom is -0.0929 e. The summed E-state index contributed by atoms with van der Waals surface area (Å²) in [5.74, 6) is 0. The second kappa shape index (κ2) is 4.58. The summed E-state index contributed by atoms with van der Waals surface area (Å²) in [5, 5.41) is 0.901. The molecule has 1 aromatic rings. The van der Waals surface area contributed by atoms with E-state index in [0.717, 1.165) is 10.9 Å². The maximum atomic E-state index is 5.42. The number of hydrogen-bond acceptors (Lipinski definition) is 0. The van der Waals surface area contributed by atoms with Gasteiger partial charge >= 0.3 is 0 Å². The third kappa shape index (κ3) is 2.68. The molecule has 0 unspecified atom stereocenters. The minimum atomic E-state index is 0.901. The van der Waals surface area contributed by atoms with E-state index in [2.05, 4.69) is 28.1 Å². The van der Waals surface area contributed by atoms with Crippen LogP contribution in [0.5, 0.6) is 0 Å². The number of hydrogen-bond donors (Lipinski definition) is 0. The zero-order chi connectivity index (χ0) is 8.10. The number of rotatable bonds is 2. The molecule has 0 aliphatic rings. The van der Waals surface area contributed by atoms with E-state index in [0.29, 0.717) is 0 Å². The van der Waals surface area contributed by atoms with Gasteiger partial charge in [-0.3, -0.25) is 0 Å². The van der Waals surface area contributed by atoms with Crippen LogP contribution in [0.2, 0.25) is 0 Å². The molecule has 0 fully saturated rings. The third-order valence-electron chi connectivity index (χ3n) is 1.39. The molecule has 0 spiro atoms. The Morgan fingerprint density at radius 3 is 2.36 bits per heavy atom. The van der Waals surface area contributed by atoms with Crippen molar-refractivity contribution in [3.8, 4) is 0 Å². The lowest BCUT2D eigenvalue weighted by atomic mass is 10.1. The molecule has 0 saturated carbocycles. The summed E-state index contributed by atoms with van der Waals surface area (Å²) in [6, 6.07) is 8.22. The van der Waals surface area contributed by atoms with Gasteiger partial charge in [-0.05, 0) is 17.2 Å². The molecule has 0 aliphatic heterocycles. The molecule has 0 bridgehead atoms. The molecular weight excluding hydrogens is 223 g/mol. The molecule has 1 aromatic carbocycles. The summed E-state index contributed by atoms with van der Waals surface area (Å²) >= 11 is 8.80. The van der Waals surface area contributed by atoms with Crippen LogP contribution in [0.15, 0.2) is 29.8 Å². The van der Waals surface area contributed by atoms with Crippen molar-refractivity contribution in [3.63, 3.8) is 0 Å². The average molecular weight is 232 g/mol. The van der Waals surface area contributed by atoms with Gasteiger partial charge in [0.15, 0.2) is 0 Å². The highest BCUT2D eigenvalue weighted by atomic mass is 79.9. The first-order valence-corrected chi connectivity index (χ1v) is 4.84. The topological polar surface area (TPSA) is 0 Å². The van der Waals surface area contributed by atoms with Gasteiger partial charge < -0.3 is 0 Å². The Labute approximate surface area is 80.0 Å². The first kappa shape index (κ1) is 8.82. The zero-order valence-corrected chi connectivity index (χ0v) is 8.27. The van der Waals surface area contributed by atoms with Crippen molar-refractivity contribution in [1.82, 2.24) is 0 Å². The van der Waals surface area contributed by atoms with E-state index in [1.807, 2.05) is 18.2 Å². The SMILES string of the molecule is ClC=Cc1ccc(CBr)cc1. The normalized spacial score (nSPS) is 10.7. The van der Waals surface area contributed by atoms with Crippen LogP contribution in [0.3, 0.4) is 0 Å². The summed E-state index contributed by atoms with van der Waals surface area (Å²) in [4.78, 5) is 0. The van der Waals surface area contributed by atoms with E-state index in [-0.39, 0.29) is 0 Å². The standard InChI is InChI=1S/C9H8BrCl/c10-7-9-3-1-8(2-4-9)5-6-11/h1-6H,7H2. The fraction of sp³-hybridized carbons (Fsp3) is 0.111. The van der Waals surface area contributed by atoms with Crippen molar-refractivity contribution in [2.24, 2.45) is 0 Å². The lowest BCUT2D eigenvalue weighted by Gasteiger charge is -1.94. The maximum Gasteiger partial charge on any atom is 0.0283 e. The van der Waals surface area contributed by atoms with Gasteiger partial charge in [-0.1, -0.05) is 51.8 Å². The fourth-order valence-corrected chi connectivity index (χ4v) is 1.31. The first-order chi connectivity index (χ1) is 5.36. The third-order valence-corrected chi connectivity index (χ3v) is 2.16. The molecule has 58 valence electrons. The molecule has 0 atom stereocenters. The Bertz CT molecular complexity index is 238. The Morgan fingerprint density at radius 2 is 1.91 bits per heavy atom. The second-order valence-corrected chi connectivity index (χ2v) is 2.98. The Hall–Kier alpha value is -0.270. The van der Waals surface area contributed by atoms with E-state index in [4.69, 9.17) is 11.6 Å². The van der Waals surface area contributed by atoms with Gasteiger partial charge in [0.1, 0.15) is 0 Å². The van der Waals surface area contributed by atoms with Crippen LogP contribution in [0, 0.1) is 0 Å². The highest BCUT2D eigenvalue weighted by Crippen LogP contribution is 2.09. The van der Waals surface area contributed by atoms with Crippen molar-refractivity contribution in [3.05, 3.63) is 40.9 Å². The smallest absolute Gasteiger partial charge is 0.0283 e. The number of alkyl halides is 1. The van der Waals surface area contributed by atoms with Crippen LogP contribution in [0.1, 0.15) is 11.1 Å². The Balaban J connectivity index is 2.82. The maximum absolute atomic E-state index is 5.42. The predicted octanol–water partition coefficient (Wildman–Crippen LogP) is 3.79. The van der Waals surface area contributed by atoms with Crippen molar-refractivity contribution in [2.45, 2.75) is 5.33 Å². The van der Waals surface area contributed by atoms with Gasteiger partial charge in [-0.15, -0.1) is 0 Å². The molecule has 11 heavy (non-hydrogen) atoms. The molecule has 0 aliphatic carbocycles. The predicted molar refractivity (Wildman–Crippen MR) is 54.0 cm³/mol. The highest BCUT2D eigenvalue weighted by molar-refractivity contribution is 9.08. The van der Waals surface area contributed by atoms with Crippen LogP contribution < -0.4 is 0 Å². The molecule has 0 amide bonds. The van der Waals surface area contributed by atoms with Crippen LogP contribution in [0.25, 0.3) is 6.08 Å². The van der Waals surface area contributed by atoms with Gasteiger partial charge in [0.05, 0.1) is 0 Å². The van der Waals surface area contributed by atoms with Crippen molar-refractivity contribution < 1.29 is 0 Å². The van der Waals surface area contributed by atoms with Crippen LogP contribution >= 0.6 is 27.5 Å². The molecule has 1 rings (SSSR count). The molecule has 0 radical (unpaired) electrons. The summed E-state index contributed by atoms with van der Waals surface area (Å²) in [5.41, 5.74) is 3.92. The Kier molecular flexibility index (Phi) is 3.67. The van der Waals surface area contributed by atoms with E-state index < -0.39 is 0 Å².